The van der Waals surface area contributed by atoms with Crippen LogP contribution in [-0.2, 0) is 10.2 Å². The number of hydrogen-bond donors (Lipinski definition) is 1. The minimum Gasteiger partial charge on any atom is -0.355 e. The van der Waals surface area contributed by atoms with E-state index in [2.05, 4.69) is 39.5 Å². The normalized spacial score (nSPS) is 19.2. The van der Waals surface area contributed by atoms with Gasteiger partial charge in [0.1, 0.15) is 5.69 Å². The number of amides is 2. The molecule has 1 aliphatic carbocycles. The molecule has 1 atom stereocenters. The number of benzene rings is 1. The third kappa shape index (κ3) is 4.70. The van der Waals surface area contributed by atoms with Gasteiger partial charge in [0, 0.05) is 38.3 Å². The summed E-state index contributed by atoms with van der Waals surface area (Å²) in [5.74, 6) is 0.389. The van der Waals surface area contributed by atoms with Gasteiger partial charge in [0.2, 0.25) is 5.91 Å². The summed E-state index contributed by atoms with van der Waals surface area (Å²) in [6, 6.07) is 14.2. The molecule has 1 saturated heterocycles. The Hall–Kier alpha value is -2.73. The van der Waals surface area contributed by atoms with E-state index in [0.29, 0.717) is 18.7 Å². The summed E-state index contributed by atoms with van der Waals surface area (Å²) < 4.78 is 0. The average molecular weight is 435 g/mol. The molecule has 1 spiro atoms. The number of carbonyl (C=O) groups excluding carboxylic acids is 2. The molecular weight excluding hydrogens is 400 g/mol. The Kier molecular flexibility index (Phi) is 6.60. The van der Waals surface area contributed by atoms with Gasteiger partial charge in [-0.15, -0.1) is 0 Å². The molecule has 0 bridgehead atoms. The molecule has 2 aliphatic rings. The number of likely N-dealkylation sites (N-methyl/N-ethyl adjacent to an activating group) is 1. The minimum absolute atomic E-state index is 0.0200. The van der Waals surface area contributed by atoms with Crippen molar-refractivity contribution in [2.75, 3.05) is 40.3 Å². The van der Waals surface area contributed by atoms with E-state index in [1.807, 2.05) is 38.1 Å². The standard InChI is InChI=1S/C26H34N4O2/c1-19-7-6-10-23(28-19)25(32)30-14-11-26(12-15-30)18-20(21-8-4-5-9-22(21)26)17-24(31)27-13-16-29(2)3/h4-10,20H,11-18H2,1-3H3,(H,27,31)/t20-/m0/s1. The van der Waals surface area contributed by atoms with Crippen LogP contribution in [0, 0.1) is 6.92 Å². The van der Waals surface area contributed by atoms with Crippen LogP contribution in [-0.4, -0.2) is 66.9 Å². The third-order valence-corrected chi connectivity index (χ3v) is 7.04. The lowest BCUT2D eigenvalue weighted by atomic mass is 9.73. The highest BCUT2D eigenvalue weighted by atomic mass is 16.2. The molecule has 6 heteroatoms. The Morgan fingerprint density at radius 1 is 1.12 bits per heavy atom. The van der Waals surface area contributed by atoms with Gasteiger partial charge in [-0.25, -0.2) is 4.98 Å². The Morgan fingerprint density at radius 2 is 1.88 bits per heavy atom. The molecule has 32 heavy (non-hydrogen) atoms. The monoisotopic (exact) mass is 434 g/mol. The summed E-state index contributed by atoms with van der Waals surface area (Å²) in [5.41, 5.74) is 4.14. The van der Waals surface area contributed by atoms with E-state index in [0.717, 1.165) is 44.6 Å². The van der Waals surface area contributed by atoms with Crippen molar-refractivity contribution >= 4 is 11.8 Å². The summed E-state index contributed by atoms with van der Waals surface area (Å²) in [6.07, 6.45) is 3.38. The van der Waals surface area contributed by atoms with Crippen molar-refractivity contribution in [2.24, 2.45) is 0 Å². The van der Waals surface area contributed by atoms with Gasteiger partial charge in [0.15, 0.2) is 0 Å². The topological polar surface area (TPSA) is 65.5 Å². The molecule has 0 saturated carbocycles. The number of hydrogen-bond acceptors (Lipinski definition) is 4. The predicted octanol–water partition coefficient (Wildman–Crippen LogP) is 3.12. The largest absolute Gasteiger partial charge is 0.355 e. The van der Waals surface area contributed by atoms with Gasteiger partial charge >= 0.3 is 0 Å². The van der Waals surface area contributed by atoms with Crippen LogP contribution in [0.1, 0.15) is 58.9 Å². The van der Waals surface area contributed by atoms with Crippen LogP contribution in [0.15, 0.2) is 42.5 Å². The first-order valence-electron chi connectivity index (χ1n) is 11.6. The van der Waals surface area contributed by atoms with Gasteiger partial charge in [0.25, 0.3) is 5.91 Å². The number of piperidine rings is 1. The van der Waals surface area contributed by atoms with Crippen LogP contribution in [0.25, 0.3) is 0 Å². The fourth-order valence-corrected chi connectivity index (χ4v) is 5.36. The first-order valence-corrected chi connectivity index (χ1v) is 11.6. The number of aromatic nitrogens is 1. The second-order valence-corrected chi connectivity index (χ2v) is 9.58. The molecule has 1 aliphatic heterocycles. The zero-order chi connectivity index (χ0) is 22.7. The molecule has 1 fully saturated rings. The molecule has 1 aromatic heterocycles. The lowest BCUT2D eigenvalue weighted by Gasteiger charge is -2.40. The van der Waals surface area contributed by atoms with Crippen molar-refractivity contribution in [1.29, 1.82) is 0 Å². The Balaban J connectivity index is 1.43. The number of nitrogens with one attached hydrogen (secondary N) is 1. The number of likely N-dealkylation sites (tertiary alicyclic amines) is 1. The second-order valence-electron chi connectivity index (χ2n) is 9.58. The van der Waals surface area contributed by atoms with Gasteiger partial charge in [-0.05, 0) is 74.9 Å². The smallest absolute Gasteiger partial charge is 0.272 e. The zero-order valence-corrected chi connectivity index (χ0v) is 19.4. The molecule has 170 valence electrons. The van der Waals surface area contributed by atoms with Crippen molar-refractivity contribution in [2.45, 2.75) is 43.9 Å². The summed E-state index contributed by atoms with van der Waals surface area (Å²) in [4.78, 5) is 34.0. The fourth-order valence-electron chi connectivity index (χ4n) is 5.36. The van der Waals surface area contributed by atoms with Crippen molar-refractivity contribution in [3.05, 3.63) is 65.0 Å². The highest BCUT2D eigenvalue weighted by Crippen LogP contribution is 2.52. The van der Waals surface area contributed by atoms with E-state index in [4.69, 9.17) is 0 Å². The van der Waals surface area contributed by atoms with E-state index >= 15 is 0 Å². The van der Waals surface area contributed by atoms with E-state index in [1.54, 1.807) is 6.07 Å². The van der Waals surface area contributed by atoms with Crippen LogP contribution >= 0.6 is 0 Å². The van der Waals surface area contributed by atoms with Gasteiger partial charge in [0.05, 0.1) is 0 Å². The minimum atomic E-state index is 0.0200. The number of pyridine rings is 1. The fraction of sp³-hybridized carbons (Fsp3) is 0.500. The van der Waals surface area contributed by atoms with Gasteiger partial charge in [-0.3, -0.25) is 9.59 Å². The van der Waals surface area contributed by atoms with Crippen LogP contribution in [0.5, 0.6) is 0 Å². The maximum atomic E-state index is 13.0. The SMILES string of the molecule is Cc1cccc(C(=O)N2CCC3(CC2)C[C@H](CC(=O)NCCN(C)C)c2ccccc23)n1. The van der Waals surface area contributed by atoms with Crippen molar-refractivity contribution in [3.8, 4) is 0 Å². The van der Waals surface area contributed by atoms with Gasteiger partial charge < -0.3 is 15.1 Å². The lowest BCUT2D eigenvalue weighted by Crippen LogP contribution is -2.44. The van der Waals surface area contributed by atoms with Crippen molar-refractivity contribution in [3.63, 3.8) is 0 Å². The van der Waals surface area contributed by atoms with E-state index in [9.17, 15) is 9.59 Å². The lowest BCUT2D eigenvalue weighted by molar-refractivity contribution is -0.121. The maximum Gasteiger partial charge on any atom is 0.272 e. The molecule has 6 nitrogen and oxygen atoms in total. The second kappa shape index (κ2) is 9.41. The van der Waals surface area contributed by atoms with E-state index in [-0.39, 0.29) is 23.1 Å². The third-order valence-electron chi connectivity index (χ3n) is 7.04. The molecule has 4 rings (SSSR count). The molecule has 1 N–H and O–H groups in total. The quantitative estimate of drug-likeness (QED) is 0.759. The summed E-state index contributed by atoms with van der Waals surface area (Å²) >= 11 is 0. The summed E-state index contributed by atoms with van der Waals surface area (Å²) in [6.45, 7) is 4.88. The predicted molar refractivity (Wildman–Crippen MR) is 126 cm³/mol. The number of aryl methyl sites for hydroxylation is 1. The van der Waals surface area contributed by atoms with Gasteiger partial charge in [-0.2, -0.15) is 0 Å². The zero-order valence-electron chi connectivity index (χ0n) is 19.4. The van der Waals surface area contributed by atoms with Crippen LogP contribution in [0.2, 0.25) is 0 Å². The Labute approximate surface area is 191 Å². The molecule has 0 radical (unpaired) electrons. The van der Waals surface area contributed by atoms with Crippen LogP contribution in [0.3, 0.4) is 0 Å². The molecule has 2 aromatic rings. The van der Waals surface area contributed by atoms with E-state index < -0.39 is 0 Å². The van der Waals surface area contributed by atoms with Gasteiger partial charge in [-0.1, -0.05) is 30.3 Å². The molecule has 2 heterocycles. The average Bonchev–Trinajstić information content (AvgIpc) is 3.06. The van der Waals surface area contributed by atoms with Crippen molar-refractivity contribution < 1.29 is 9.59 Å². The molecular formula is C26H34N4O2. The Morgan fingerprint density at radius 3 is 2.59 bits per heavy atom. The number of rotatable bonds is 6. The number of carbonyl (C=O) groups is 2. The van der Waals surface area contributed by atoms with Crippen LogP contribution < -0.4 is 5.32 Å². The summed E-state index contributed by atoms with van der Waals surface area (Å²) in [7, 11) is 4.02. The molecule has 2 amide bonds. The molecule has 1 aromatic carbocycles. The molecule has 0 unspecified atom stereocenters. The van der Waals surface area contributed by atoms with E-state index in [1.165, 1.54) is 11.1 Å². The first-order chi connectivity index (χ1) is 15.4. The van der Waals surface area contributed by atoms with Crippen LogP contribution in [0.4, 0.5) is 0 Å². The Bertz CT molecular complexity index is 979. The number of fused-ring (bicyclic) bond motifs is 2. The first kappa shape index (κ1) is 22.5. The summed E-state index contributed by atoms with van der Waals surface area (Å²) in [5, 5.41) is 3.07. The highest BCUT2D eigenvalue weighted by molar-refractivity contribution is 5.92. The number of nitrogens with zero attached hydrogens (tertiary/aromatic N) is 3. The highest BCUT2D eigenvalue weighted by Gasteiger charge is 2.46. The maximum absolute atomic E-state index is 13.0. The van der Waals surface area contributed by atoms with Crippen molar-refractivity contribution in [1.82, 2.24) is 20.1 Å².